The quantitative estimate of drug-likeness (QED) is 0.865. The first-order valence-corrected chi connectivity index (χ1v) is 6.86. The van der Waals surface area contributed by atoms with Gasteiger partial charge in [0.15, 0.2) is 5.78 Å². The monoisotopic (exact) mass is 304 g/mol. The lowest BCUT2D eigenvalue weighted by atomic mass is 9.73. The van der Waals surface area contributed by atoms with Gasteiger partial charge in [-0.3, -0.25) is 4.79 Å². The van der Waals surface area contributed by atoms with Crippen LogP contribution in [0.25, 0.3) is 0 Å². The van der Waals surface area contributed by atoms with E-state index in [1.54, 1.807) is 24.3 Å². The summed E-state index contributed by atoms with van der Waals surface area (Å²) in [4.78, 5) is 23.9. The van der Waals surface area contributed by atoms with E-state index in [4.69, 9.17) is 16.3 Å². The molecule has 5 heteroatoms. The summed E-state index contributed by atoms with van der Waals surface area (Å²) in [6.07, 6.45) is 2.52. The molecule has 1 unspecified atom stereocenters. The maximum atomic E-state index is 12.6. The zero-order valence-electron chi connectivity index (χ0n) is 11.5. The lowest BCUT2D eigenvalue weighted by molar-refractivity contribution is -0.132. The summed E-state index contributed by atoms with van der Waals surface area (Å²) in [5.74, 6) is -0.811. The summed E-state index contributed by atoms with van der Waals surface area (Å²) in [5, 5.41) is 9.64. The highest BCUT2D eigenvalue weighted by atomic mass is 35.5. The van der Waals surface area contributed by atoms with Crippen LogP contribution in [0.3, 0.4) is 0 Å². The number of carbonyl (C=O) groups is 2. The van der Waals surface area contributed by atoms with Gasteiger partial charge < -0.3 is 9.84 Å². The topological polar surface area (TPSA) is 63.6 Å². The van der Waals surface area contributed by atoms with E-state index in [0.717, 1.165) is 0 Å². The Hall–Kier alpha value is -2.07. The zero-order valence-corrected chi connectivity index (χ0v) is 12.3. The van der Waals surface area contributed by atoms with Crippen molar-refractivity contribution in [3.05, 3.63) is 52.1 Å². The second-order valence-electron chi connectivity index (χ2n) is 5.79. The van der Waals surface area contributed by atoms with Crippen molar-refractivity contribution in [2.45, 2.75) is 20.0 Å². The lowest BCUT2D eigenvalue weighted by Gasteiger charge is -2.39. The number of aliphatic carboxylic acids is 1. The van der Waals surface area contributed by atoms with Crippen molar-refractivity contribution in [1.29, 1.82) is 0 Å². The van der Waals surface area contributed by atoms with Gasteiger partial charge in [-0.25, -0.2) is 4.79 Å². The van der Waals surface area contributed by atoms with Crippen LogP contribution in [0.15, 0.2) is 41.5 Å². The van der Waals surface area contributed by atoms with Gasteiger partial charge in [-0.05, 0) is 24.3 Å². The highest BCUT2D eigenvalue weighted by molar-refractivity contribution is 6.31. The number of fused-ring (bicyclic) bond motifs is 2. The maximum absolute atomic E-state index is 12.6. The molecule has 1 aliphatic heterocycles. The average molecular weight is 305 g/mol. The predicted molar refractivity (Wildman–Crippen MR) is 77.8 cm³/mol. The molecule has 4 nitrogen and oxygen atoms in total. The predicted octanol–water partition coefficient (Wildman–Crippen LogP) is 3.26. The first-order chi connectivity index (χ1) is 9.79. The summed E-state index contributed by atoms with van der Waals surface area (Å²) in [5.41, 5.74) is 0.237. The summed E-state index contributed by atoms with van der Waals surface area (Å²) < 4.78 is 5.92. The molecular weight excluding hydrogens is 292 g/mol. The molecule has 0 fully saturated rings. The van der Waals surface area contributed by atoms with E-state index < -0.39 is 17.5 Å². The summed E-state index contributed by atoms with van der Waals surface area (Å²) >= 11 is 5.92. The number of hydrogen-bond donors (Lipinski definition) is 1. The Labute approximate surface area is 126 Å². The second-order valence-corrected chi connectivity index (χ2v) is 6.23. The Morgan fingerprint density at radius 2 is 2.10 bits per heavy atom. The number of benzene rings is 1. The van der Waals surface area contributed by atoms with Gasteiger partial charge in [-0.1, -0.05) is 31.5 Å². The second kappa shape index (κ2) is 4.46. The van der Waals surface area contributed by atoms with Crippen molar-refractivity contribution in [3.63, 3.8) is 0 Å². The fraction of sp³-hybridized carbons (Fsp3) is 0.250. The van der Waals surface area contributed by atoms with Crippen molar-refractivity contribution in [1.82, 2.24) is 0 Å². The van der Waals surface area contributed by atoms with Crippen LogP contribution in [0.1, 0.15) is 24.2 Å². The van der Waals surface area contributed by atoms with E-state index in [1.807, 2.05) is 13.8 Å². The van der Waals surface area contributed by atoms with Crippen molar-refractivity contribution >= 4 is 23.4 Å². The molecule has 0 radical (unpaired) electrons. The van der Waals surface area contributed by atoms with Gasteiger partial charge in [0.05, 0.1) is 11.1 Å². The van der Waals surface area contributed by atoms with E-state index in [9.17, 15) is 14.7 Å². The average Bonchev–Trinajstić information content (AvgIpc) is 2.40. The molecule has 1 atom stereocenters. The molecule has 2 aliphatic rings. The number of Topliss-reactive ketones (excluding diaryl/α,β-unsaturated/α-hetero) is 1. The maximum Gasteiger partial charge on any atom is 0.335 e. The van der Waals surface area contributed by atoms with Gasteiger partial charge in [-0.2, -0.15) is 0 Å². The van der Waals surface area contributed by atoms with Gasteiger partial charge in [-0.15, -0.1) is 0 Å². The molecule has 0 saturated carbocycles. The van der Waals surface area contributed by atoms with Crippen molar-refractivity contribution in [2.75, 3.05) is 0 Å². The van der Waals surface area contributed by atoms with Crippen LogP contribution < -0.4 is 4.74 Å². The minimum absolute atomic E-state index is 0.105. The van der Waals surface area contributed by atoms with Gasteiger partial charge in [0.25, 0.3) is 0 Å². The number of carboxylic acid groups (broad SMARTS) is 1. The molecule has 0 bridgehead atoms. The van der Waals surface area contributed by atoms with Gasteiger partial charge in [0, 0.05) is 16.0 Å². The highest BCUT2D eigenvalue weighted by Gasteiger charge is 2.43. The number of rotatable bonds is 1. The standard InChI is InChI=1S/C16H13ClO4/c1-16(2)7-8(15(19)20)5-11-13(18)10-6-9(17)3-4-12(10)21-14(11)16/h3-7,14H,1-2H3,(H,19,20). The molecule has 1 aromatic carbocycles. The lowest BCUT2D eigenvalue weighted by Crippen LogP contribution is -2.43. The van der Waals surface area contributed by atoms with Crippen molar-refractivity contribution in [2.24, 2.45) is 5.41 Å². The zero-order chi connectivity index (χ0) is 15.4. The third kappa shape index (κ3) is 2.16. The smallest absolute Gasteiger partial charge is 0.335 e. The molecular formula is C16H13ClO4. The first-order valence-electron chi connectivity index (χ1n) is 6.48. The highest BCUT2D eigenvalue weighted by Crippen LogP contribution is 2.43. The molecule has 3 rings (SSSR count). The molecule has 1 heterocycles. The van der Waals surface area contributed by atoms with Crippen LogP contribution in [-0.4, -0.2) is 23.0 Å². The van der Waals surface area contributed by atoms with Crippen LogP contribution in [0, 0.1) is 5.41 Å². The minimum atomic E-state index is -1.06. The van der Waals surface area contributed by atoms with Gasteiger partial charge >= 0.3 is 5.97 Å². The number of carbonyl (C=O) groups excluding carboxylic acids is 1. The largest absolute Gasteiger partial charge is 0.484 e. The van der Waals surface area contributed by atoms with E-state index in [1.165, 1.54) is 6.08 Å². The summed E-state index contributed by atoms with van der Waals surface area (Å²) in [7, 11) is 0. The van der Waals surface area contributed by atoms with Crippen molar-refractivity contribution in [3.8, 4) is 5.75 Å². The Morgan fingerprint density at radius 3 is 2.76 bits per heavy atom. The summed E-state index contributed by atoms with van der Waals surface area (Å²) in [6, 6.07) is 4.87. The Kier molecular flexibility index (Phi) is 2.95. The van der Waals surface area contributed by atoms with Gasteiger partial charge in [0.1, 0.15) is 11.9 Å². The normalized spacial score (nSPS) is 22.4. The van der Waals surface area contributed by atoms with E-state index in [0.29, 0.717) is 21.9 Å². The van der Waals surface area contributed by atoms with E-state index in [2.05, 4.69) is 0 Å². The molecule has 1 aliphatic carbocycles. The minimum Gasteiger partial charge on any atom is -0.484 e. The van der Waals surface area contributed by atoms with Crippen LogP contribution in [-0.2, 0) is 4.79 Å². The summed E-state index contributed by atoms with van der Waals surface area (Å²) in [6.45, 7) is 3.70. The number of ketones is 1. The molecule has 21 heavy (non-hydrogen) atoms. The number of carboxylic acids is 1. The molecule has 1 aromatic rings. The third-order valence-corrected chi connectivity index (χ3v) is 3.97. The Bertz CT molecular complexity index is 728. The molecule has 0 spiro atoms. The Morgan fingerprint density at radius 1 is 1.38 bits per heavy atom. The molecule has 0 saturated heterocycles. The van der Waals surface area contributed by atoms with E-state index in [-0.39, 0.29) is 11.4 Å². The fourth-order valence-corrected chi connectivity index (χ4v) is 2.92. The van der Waals surface area contributed by atoms with Crippen LogP contribution in [0.2, 0.25) is 5.02 Å². The molecule has 0 aromatic heterocycles. The number of halogens is 1. The molecule has 0 amide bonds. The molecule has 1 N–H and O–H groups in total. The number of ether oxygens (including phenoxy) is 1. The van der Waals surface area contributed by atoms with Gasteiger partial charge in [0.2, 0.25) is 0 Å². The number of hydrogen-bond acceptors (Lipinski definition) is 3. The van der Waals surface area contributed by atoms with Crippen LogP contribution in [0.5, 0.6) is 5.75 Å². The third-order valence-electron chi connectivity index (χ3n) is 3.74. The van der Waals surface area contributed by atoms with Crippen LogP contribution in [0.4, 0.5) is 0 Å². The fourth-order valence-electron chi connectivity index (χ4n) is 2.75. The van der Waals surface area contributed by atoms with Crippen LogP contribution >= 0.6 is 11.6 Å². The van der Waals surface area contributed by atoms with E-state index >= 15 is 0 Å². The SMILES string of the molecule is CC1(C)C=C(C(=O)O)C=C2C(=O)c3cc(Cl)ccc3OC21. The first kappa shape index (κ1) is 13.9. The van der Waals surface area contributed by atoms with Crippen molar-refractivity contribution < 1.29 is 19.4 Å². The Balaban J connectivity index is 2.17. The molecule has 108 valence electrons.